The lowest BCUT2D eigenvalue weighted by molar-refractivity contribution is -0.148. The average molecular weight is 700 g/mol. The molecule has 1 aliphatic carbocycles. The molecule has 1 N–H and O–H groups in total. The quantitative estimate of drug-likeness (QED) is 0.119. The molecule has 0 saturated heterocycles. The van der Waals surface area contributed by atoms with Crippen LogP contribution in [0.1, 0.15) is 79.8 Å². The van der Waals surface area contributed by atoms with Gasteiger partial charge in [0, 0.05) is 16.3 Å². The molecule has 0 aliphatic heterocycles. The molecule has 1 fully saturated rings. The van der Waals surface area contributed by atoms with E-state index in [1.807, 2.05) is 19.9 Å². The lowest BCUT2D eigenvalue weighted by atomic mass is 9.82. The minimum Gasteiger partial charge on any atom is -0.481 e. The number of hydrogen-bond donors (Lipinski definition) is 1. The lowest BCUT2D eigenvalue weighted by Gasteiger charge is -2.32. The highest BCUT2D eigenvalue weighted by Crippen LogP contribution is 2.55. The molecule has 14 heteroatoms. The Hall–Kier alpha value is -3.90. The number of carbonyl (C=O) groups excluding carboxylic acids is 1. The largest absolute Gasteiger partial charge is 0.481 e. The van der Waals surface area contributed by atoms with Gasteiger partial charge in [0.2, 0.25) is 5.88 Å². The van der Waals surface area contributed by atoms with Crippen molar-refractivity contribution in [2.45, 2.75) is 91.5 Å². The van der Waals surface area contributed by atoms with Crippen molar-refractivity contribution < 1.29 is 46.7 Å². The fraction of sp³-hybridized carbons (Fsp3) is 0.486. The second kappa shape index (κ2) is 13.8. The van der Waals surface area contributed by atoms with Gasteiger partial charge in [-0.2, -0.15) is 9.78 Å². The summed E-state index contributed by atoms with van der Waals surface area (Å²) in [6.45, 7) is 13.8. The van der Waals surface area contributed by atoms with Crippen LogP contribution >= 0.6 is 7.82 Å². The Morgan fingerprint density at radius 2 is 1.63 bits per heavy atom. The van der Waals surface area contributed by atoms with Crippen molar-refractivity contribution in [1.82, 2.24) is 14.8 Å². The van der Waals surface area contributed by atoms with Gasteiger partial charge >= 0.3 is 19.9 Å². The molecule has 1 aliphatic rings. The molecule has 264 valence electrons. The highest BCUT2D eigenvalue weighted by atomic mass is 31.2. The van der Waals surface area contributed by atoms with Gasteiger partial charge in [0.25, 0.3) is 0 Å². The normalized spacial score (nSPS) is 17.0. The lowest BCUT2D eigenvalue weighted by Crippen LogP contribution is -2.38. The zero-order valence-corrected chi connectivity index (χ0v) is 29.9. The summed E-state index contributed by atoms with van der Waals surface area (Å²) in [6, 6.07) is 9.74. The van der Waals surface area contributed by atoms with Crippen molar-refractivity contribution in [3.05, 3.63) is 54.1 Å². The molecule has 2 heterocycles. The Bertz CT molecular complexity index is 1890. The van der Waals surface area contributed by atoms with Crippen LogP contribution in [0.5, 0.6) is 5.88 Å². The van der Waals surface area contributed by atoms with Gasteiger partial charge in [-0.1, -0.05) is 26.0 Å². The first-order valence-electron chi connectivity index (χ1n) is 16.2. The summed E-state index contributed by atoms with van der Waals surface area (Å²) in [7, 11) is -4.01. The van der Waals surface area contributed by atoms with Crippen molar-refractivity contribution in [2.75, 3.05) is 13.2 Å². The van der Waals surface area contributed by atoms with E-state index >= 15 is 0 Å². The summed E-state index contributed by atoms with van der Waals surface area (Å²) < 4.78 is 56.8. The first-order valence-corrected chi connectivity index (χ1v) is 17.6. The maximum atomic E-state index is 13.9. The fourth-order valence-corrected chi connectivity index (χ4v) is 7.28. The van der Waals surface area contributed by atoms with E-state index in [2.05, 4.69) is 5.10 Å². The summed E-state index contributed by atoms with van der Waals surface area (Å²) in [5.41, 5.74) is 1.00. The number of carboxylic acid groups (broad SMARTS) is 1. The maximum absolute atomic E-state index is 13.9. The van der Waals surface area contributed by atoms with E-state index in [9.17, 15) is 23.7 Å². The van der Waals surface area contributed by atoms with Crippen LogP contribution < -0.4 is 4.74 Å². The van der Waals surface area contributed by atoms with Crippen LogP contribution in [-0.4, -0.2) is 62.5 Å². The molecule has 0 atom stereocenters. The molecule has 2 aromatic heterocycles. The monoisotopic (exact) mass is 699 g/mol. The highest BCUT2D eigenvalue weighted by molar-refractivity contribution is 7.48. The van der Waals surface area contributed by atoms with E-state index in [0.717, 1.165) is 26.9 Å². The molecular weight excluding hydrogens is 656 g/mol. The van der Waals surface area contributed by atoms with Crippen LogP contribution in [0.4, 0.5) is 9.18 Å². The molecular formula is C35H43FN3O9P. The van der Waals surface area contributed by atoms with Crippen LogP contribution in [0.2, 0.25) is 0 Å². The Morgan fingerprint density at radius 1 is 1.00 bits per heavy atom. The average Bonchev–Trinajstić information content (AvgIpc) is 3.36. The predicted octanol–water partition coefficient (Wildman–Crippen LogP) is 8.50. The van der Waals surface area contributed by atoms with Gasteiger partial charge in [-0.3, -0.25) is 18.4 Å². The molecule has 5 rings (SSSR count). The van der Waals surface area contributed by atoms with Crippen LogP contribution in [0.3, 0.4) is 0 Å². The number of pyridine rings is 1. The molecule has 0 spiro atoms. The van der Waals surface area contributed by atoms with E-state index in [0.29, 0.717) is 35.0 Å². The first-order chi connectivity index (χ1) is 22.8. The van der Waals surface area contributed by atoms with E-state index in [4.69, 9.17) is 28.0 Å². The molecule has 0 radical (unpaired) electrons. The number of phosphoric acid groups is 1. The summed E-state index contributed by atoms with van der Waals surface area (Å²) in [4.78, 5) is 29.6. The van der Waals surface area contributed by atoms with Gasteiger partial charge in [-0.15, -0.1) is 0 Å². The number of rotatable bonds is 11. The molecule has 12 nitrogen and oxygen atoms in total. The van der Waals surface area contributed by atoms with E-state index in [1.54, 1.807) is 59.7 Å². The minimum atomic E-state index is -4.01. The van der Waals surface area contributed by atoms with E-state index < -0.39 is 37.0 Å². The third-order valence-electron chi connectivity index (χ3n) is 7.59. The topological polar surface area (TPSA) is 148 Å². The van der Waals surface area contributed by atoms with Crippen LogP contribution in [0, 0.1) is 11.7 Å². The Morgan fingerprint density at radius 3 is 2.20 bits per heavy atom. The van der Waals surface area contributed by atoms with Gasteiger partial charge in [0.1, 0.15) is 18.5 Å². The predicted molar refractivity (Wildman–Crippen MR) is 181 cm³/mol. The third-order valence-corrected chi connectivity index (χ3v) is 9.63. The number of carboxylic acids is 1. The number of aromatic nitrogens is 3. The molecule has 2 aromatic carbocycles. The van der Waals surface area contributed by atoms with E-state index in [1.165, 1.54) is 18.3 Å². The number of carbonyl (C=O) groups is 2. The molecule has 1 saturated carbocycles. The smallest absolute Gasteiger partial charge is 0.475 e. The van der Waals surface area contributed by atoms with Gasteiger partial charge < -0.3 is 14.6 Å². The maximum Gasteiger partial charge on any atom is 0.475 e. The summed E-state index contributed by atoms with van der Waals surface area (Å²) in [6.07, 6.45) is 1.07. The standard InChI is InChI=1S/C35H43FN3O9P/c1-20(2)30-29(21-9-11-24(36)12-10-21)26-17-23-19-37-39(28(23)18-27(26)31(38-30)46-25-15-22(16-25)32(40)41)33(42)44-13-14-45-49(43,47-34(3,4)5)48-35(6,7)8/h9-12,17-20,22,25H,13-16H2,1-8H3,(H,40,41)/t22-,25-. The SMILES string of the molecule is CC(C)c1nc(O[C@H]2C[C@H](C(=O)O)C2)c2cc3c(cnn3C(=O)OCCOP(=O)(OC(C)(C)C)OC(C)(C)C)cc2c1-c1ccc(F)cc1. The van der Waals surface area contributed by atoms with Gasteiger partial charge in [0.05, 0.1) is 41.1 Å². The second-order valence-corrected chi connectivity index (χ2v) is 15.9. The molecule has 0 bridgehead atoms. The second-order valence-electron chi connectivity index (χ2n) is 14.4. The Kier molecular flexibility index (Phi) is 10.2. The third kappa shape index (κ3) is 8.64. The van der Waals surface area contributed by atoms with Gasteiger partial charge in [0.15, 0.2) is 0 Å². The number of benzene rings is 2. The van der Waals surface area contributed by atoms with Crippen molar-refractivity contribution in [2.24, 2.45) is 5.92 Å². The minimum absolute atomic E-state index is 0.0477. The molecule has 49 heavy (non-hydrogen) atoms. The van der Waals surface area contributed by atoms with Crippen LogP contribution in [-0.2, 0) is 27.7 Å². The molecule has 0 amide bonds. The number of phosphoric ester groups is 1. The van der Waals surface area contributed by atoms with Crippen molar-refractivity contribution in [3.63, 3.8) is 0 Å². The van der Waals surface area contributed by atoms with Crippen LogP contribution in [0.15, 0.2) is 42.6 Å². The van der Waals surface area contributed by atoms with Crippen LogP contribution in [0.25, 0.3) is 32.8 Å². The summed E-state index contributed by atoms with van der Waals surface area (Å²) in [5, 5.41) is 15.6. The number of ether oxygens (including phenoxy) is 2. The van der Waals surface area contributed by atoms with Crippen molar-refractivity contribution in [3.8, 4) is 17.0 Å². The van der Waals surface area contributed by atoms with Crippen molar-refractivity contribution >= 4 is 41.6 Å². The van der Waals surface area contributed by atoms with Gasteiger partial charge in [-0.25, -0.2) is 18.7 Å². The van der Waals surface area contributed by atoms with E-state index in [-0.39, 0.29) is 31.1 Å². The zero-order chi connectivity index (χ0) is 35.9. The Labute approximate surface area is 284 Å². The molecule has 0 unspecified atom stereocenters. The summed E-state index contributed by atoms with van der Waals surface area (Å²) >= 11 is 0. The first kappa shape index (κ1) is 36.4. The Balaban J connectivity index is 1.47. The highest BCUT2D eigenvalue weighted by Gasteiger charge is 2.38. The van der Waals surface area contributed by atoms with Gasteiger partial charge in [-0.05, 0) is 95.5 Å². The number of halogens is 1. The number of hydrogen-bond acceptors (Lipinski definition) is 10. The fourth-order valence-electron chi connectivity index (χ4n) is 5.50. The van der Waals surface area contributed by atoms with Crippen molar-refractivity contribution in [1.29, 1.82) is 0 Å². The number of nitrogens with zero attached hydrogens (tertiary/aromatic N) is 3. The zero-order valence-electron chi connectivity index (χ0n) is 29.0. The number of aliphatic carboxylic acids is 1. The molecule has 4 aromatic rings. The number of fused-ring (bicyclic) bond motifs is 2. The summed E-state index contributed by atoms with van der Waals surface area (Å²) in [5.74, 6) is -1.48.